The van der Waals surface area contributed by atoms with Crippen LogP contribution in [0, 0.1) is 0 Å². The van der Waals surface area contributed by atoms with E-state index in [4.69, 9.17) is 9.88 Å². The summed E-state index contributed by atoms with van der Waals surface area (Å²) in [5.74, 6) is -0.517. The number of amides is 1. The third-order valence-electron chi connectivity index (χ3n) is 3.48. The fourth-order valence-corrected chi connectivity index (χ4v) is 2.94. The van der Waals surface area contributed by atoms with Crippen molar-refractivity contribution in [3.05, 3.63) is 53.6 Å². The Morgan fingerprint density at radius 2 is 1.79 bits per heavy atom. The van der Waals surface area contributed by atoms with E-state index in [1.807, 2.05) is 0 Å². The van der Waals surface area contributed by atoms with Crippen molar-refractivity contribution in [2.45, 2.75) is 17.7 Å². The molecule has 0 heterocycles. The van der Waals surface area contributed by atoms with Crippen molar-refractivity contribution in [1.29, 1.82) is 0 Å². The molecule has 0 aromatic heterocycles. The van der Waals surface area contributed by atoms with Crippen LogP contribution in [0.4, 0.5) is 18.9 Å². The van der Waals surface area contributed by atoms with Gasteiger partial charge in [0.1, 0.15) is 17.3 Å². The number of benzene rings is 2. The van der Waals surface area contributed by atoms with Crippen molar-refractivity contribution in [2.24, 2.45) is 5.14 Å². The summed E-state index contributed by atoms with van der Waals surface area (Å²) in [5, 5.41) is 7.63. The molecular formula is C17H17F3N2O5S. The molecule has 0 unspecified atom stereocenters. The van der Waals surface area contributed by atoms with Gasteiger partial charge in [-0.1, -0.05) is 12.1 Å². The van der Waals surface area contributed by atoms with Crippen molar-refractivity contribution in [1.82, 2.24) is 0 Å². The number of nitrogens with two attached hydrogens (primary N) is 1. The van der Waals surface area contributed by atoms with Crippen LogP contribution in [0.15, 0.2) is 47.4 Å². The molecule has 0 bridgehead atoms. The lowest BCUT2D eigenvalue weighted by molar-refractivity contribution is -0.176. The maximum absolute atomic E-state index is 12.3. The maximum Gasteiger partial charge on any atom is 0.411 e. The molecule has 0 aliphatic carbocycles. The largest absolute Gasteiger partial charge is 0.495 e. The van der Waals surface area contributed by atoms with E-state index in [0.717, 1.165) is 6.07 Å². The number of halogens is 3. The standard InChI is InChI=1S/C17H17F3N2O5S/c1-26-14-7-6-13(8-15(14)28(21,24)25)22-16(23)12-4-2-11(3-5-12)9-27-10-17(18,19)20/h2-8H,9-10H2,1H3,(H,22,23)(H2,21,24,25). The van der Waals surface area contributed by atoms with Gasteiger partial charge in [0.2, 0.25) is 10.0 Å². The highest BCUT2D eigenvalue weighted by Crippen LogP contribution is 2.26. The smallest absolute Gasteiger partial charge is 0.411 e. The Morgan fingerprint density at radius 1 is 1.14 bits per heavy atom. The monoisotopic (exact) mass is 418 g/mol. The van der Waals surface area contributed by atoms with Gasteiger partial charge in [0.05, 0.1) is 13.7 Å². The van der Waals surface area contributed by atoms with Crippen LogP contribution < -0.4 is 15.2 Å². The average Bonchev–Trinajstić information content (AvgIpc) is 2.60. The number of rotatable bonds is 7. The molecule has 2 aromatic rings. The lowest BCUT2D eigenvalue weighted by Gasteiger charge is -2.11. The molecule has 28 heavy (non-hydrogen) atoms. The zero-order chi connectivity index (χ0) is 20.9. The SMILES string of the molecule is COc1ccc(NC(=O)c2ccc(COCC(F)(F)F)cc2)cc1S(N)(=O)=O. The summed E-state index contributed by atoms with van der Waals surface area (Å²) in [7, 11) is -2.78. The molecule has 7 nitrogen and oxygen atoms in total. The molecule has 0 saturated heterocycles. The molecule has 0 aliphatic rings. The van der Waals surface area contributed by atoms with Crippen molar-refractivity contribution in [2.75, 3.05) is 19.0 Å². The van der Waals surface area contributed by atoms with E-state index in [2.05, 4.69) is 10.1 Å². The van der Waals surface area contributed by atoms with Crippen LogP contribution >= 0.6 is 0 Å². The van der Waals surface area contributed by atoms with Crippen LogP contribution in [-0.2, 0) is 21.4 Å². The highest BCUT2D eigenvalue weighted by molar-refractivity contribution is 7.89. The Labute approximate surface area is 159 Å². The summed E-state index contributed by atoms with van der Waals surface area (Å²) >= 11 is 0. The van der Waals surface area contributed by atoms with Crippen LogP contribution in [0.1, 0.15) is 15.9 Å². The fourth-order valence-electron chi connectivity index (χ4n) is 2.22. The Bertz CT molecular complexity index is 944. The van der Waals surface area contributed by atoms with Gasteiger partial charge < -0.3 is 14.8 Å². The van der Waals surface area contributed by atoms with Gasteiger partial charge in [0.25, 0.3) is 5.91 Å². The highest BCUT2D eigenvalue weighted by atomic mass is 32.2. The first kappa shape index (κ1) is 21.7. The number of carbonyl (C=O) groups is 1. The first-order valence-electron chi connectivity index (χ1n) is 7.75. The zero-order valence-corrected chi connectivity index (χ0v) is 15.4. The third-order valence-corrected chi connectivity index (χ3v) is 4.41. The van der Waals surface area contributed by atoms with Gasteiger partial charge in [-0.15, -0.1) is 0 Å². The van der Waals surface area contributed by atoms with Gasteiger partial charge in [-0.05, 0) is 35.9 Å². The highest BCUT2D eigenvalue weighted by Gasteiger charge is 2.27. The molecular weight excluding hydrogens is 401 g/mol. The Hall–Kier alpha value is -2.63. The molecule has 0 spiro atoms. The van der Waals surface area contributed by atoms with Crippen molar-refractivity contribution in [3.8, 4) is 5.75 Å². The number of alkyl halides is 3. The summed E-state index contributed by atoms with van der Waals surface area (Å²) < 4.78 is 68.8. The Kier molecular flexibility index (Phi) is 6.65. The third kappa shape index (κ3) is 6.22. The number of carbonyl (C=O) groups excluding carboxylic acids is 1. The van der Waals surface area contributed by atoms with Crippen LogP contribution in [0.2, 0.25) is 0 Å². The number of ether oxygens (including phenoxy) is 2. The first-order valence-corrected chi connectivity index (χ1v) is 9.30. The minimum Gasteiger partial charge on any atom is -0.495 e. The second-order valence-corrected chi connectivity index (χ2v) is 7.20. The number of nitrogens with one attached hydrogen (secondary N) is 1. The van der Waals surface area contributed by atoms with E-state index in [1.165, 1.54) is 43.5 Å². The molecule has 2 aromatic carbocycles. The molecule has 0 fully saturated rings. The molecule has 0 atom stereocenters. The second-order valence-electron chi connectivity index (χ2n) is 5.67. The fraction of sp³-hybridized carbons (Fsp3) is 0.235. The van der Waals surface area contributed by atoms with Crippen LogP contribution in [-0.4, -0.2) is 34.2 Å². The van der Waals surface area contributed by atoms with Crippen molar-refractivity contribution < 1.29 is 35.9 Å². The minimum atomic E-state index is -4.41. The number of hydrogen-bond donors (Lipinski definition) is 2. The second kappa shape index (κ2) is 8.59. The quantitative estimate of drug-likeness (QED) is 0.719. The van der Waals surface area contributed by atoms with E-state index >= 15 is 0 Å². The van der Waals surface area contributed by atoms with Gasteiger partial charge in [0.15, 0.2) is 0 Å². The molecule has 2 rings (SSSR count). The minimum absolute atomic E-state index is 0.0312. The number of hydrogen-bond acceptors (Lipinski definition) is 5. The van der Waals surface area contributed by atoms with Gasteiger partial charge in [-0.2, -0.15) is 13.2 Å². The zero-order valence-electron chi connectivity index (χ0n) is 14.6. The summed E-state index contributed by atoms with van der Waals surface area (Å²) in [6.07, 6.45) is -4.41. The molecule has 11 heteroatoms. The molecule has 152 valence electrons. The van der Waals surface area contributed by atoms with Gasteiger partial charge in [0, 0.05) is 11.3 Å². The lowest BCUT2D eigenvalue weighted by atomic mass is 10.1. The Balaban J connectivity index is 2.07. The van der Waals surface area contributed by atoms with E-state index in [1.54, 1.807) is 0 Å². The van der Waals surface area contributed by atoms with E-state index < -0.39 is 28.7 Å². The van der Waals surface area contributed by atoms with Crippen LogP contribution in [0.25, 0.3) is 0 Å². The number of methoxy groups -OCH3 is 1. The first-order chi connectivity index (χ1) is 13.0. The van der Waals surface area contributed by atoms with E-state index in [9.17, 15) is 26.4 Å². The summed E-state index contributed by atoms with van der Waals surface area (Å²) in [6, 6.07) is 9.66. The number of anilines is 1. The normalized spacial score (nSPS) is 11.9. The molecule has 3 N–H and O–H groups in total. The summed E-state index contributed by atoms with van der Waals surface area (Å²) in [5.41, 5.74) is 0.849. The van der Waals surface area contributed by atoms with Crippen LogP contribution in [0.3, 0.4) is 0 Å². The number of primary sulfonamides is 1. The average molecular weight is 418 g/mol. The van der Waals surface area contributed by atoms with Crippen molar-refractivity contribution >= 4 is 21.6 Å². The predicted molar refractivity (Wildman–Crippen MR) is 94.5 cm³/mol. The lowest BCUT2D eigenvalue weighted by Crippen LogP contribution is -2.17. The van der Waals surface area contributed by atoms with E-state index in [-0.39, 0.29) is 28.5 Å². The molecule has 0 saturated carbocycles. The maximum atomic E-state index is 12.3. The van der Waals surface area contributed by atoms with Gasteiger partial charge in [-0.3, -0.25) is 4.79 Å². The summed E-state index contributed by atoms with van der Waals surface area (Å²) in [4.78, 5) is 12.0. The molecule has 0 aliphatic heterocycles. The molecule has 1 amide bonds. The predicted octanol–water partition coefficient (Wildman–Crippen LogP) is 2.67. The number of sulfonamides is 1. The van der Waals surface area contributed by atoms with Gasteiger partial charge >= 0.3 is 6.18 Å². The molecule has 0 radical (unpaired) electrons. The van der Waals surface area contributed by atoms with E-state index in [0.29, 0.717) is 5.56 Å². The topological polar surface area (TPSA) is 108 Å². The summed E-state index contributed by atoms with van der Waals surface area (Å²) in [6.45, 7) is -1.61. The Morgan fingerprint density at radius 3 is 2.32 bits per heavy atom. The van der Waals surface area contributed by atoms with Crippen molar-refractivity contribution in [3.63, 3.8) is 0 Å². The van der Waals surface area contributed by atoms with Crippen LogP contribution in [0.5, 0.6) is 5.75 Å². The van der Waals surface area contributed by atoms with Gasteiger partial charge in [-0.25, -0.2) is 13.6 Å².